The fraction of sp³-hybridized carbons (Fsp3) is 0.423. The van der Waals surface area contributed by atoms with Gasteiger partial charge in [0.1, 0.15) is 0 Å². The molecule has 4 rings (SSSR count). The number of hydrogen-bond donors (Lipinski definition) is 1. The van der Waals surface area contributed by atoms with Gasteiger partial charge < -0.3 is 15.1 Å². The summed E-state index contributed by atoms with van der Waals surface area (Å²) in [6.45, 7) is 9.13. The van der Waals surface area contributed by atoms with Crippen molar-refractivity contribution in [3.05, 3.63) is 66.0 Å². The van der Waals surface area contributed by atoms with Crippen molar-refractivity contribution in [1.29, 1.82) is 0 Å². The van der Waals surface area contributed by atoms with E-state index in [1.54, 1.807) is 6.20 Å². The van der Waals surface area contributed by atoms with E-state index in [1.165, 1.54) is 11.1 Å². The number of anilines is 1. The van der Waals surface area contributed by atoms with Gasteiger partial charge >= 0.3 is 6.03 Å². The molecule has 2 aliphatic heterocycles. The quantitative estimate of drug-likeness (QED) is 0.757. The largest absolute Gasteiger partial charge is 0.339 e. The van der Waals surface area contributed by atoms with Crippen LogP contribution in [0.3, 0.4) is 0 Å². The first-order chi connectivity index (χ1) is 15.3. The fourth-order valence-electron chi connectivity index (χ4n) is 4.17. The lowest BCUT2D eigenvalue weighted by Crippen LogP contribution is -2.50. The maximum Gasteiger partial charge on any atom is 0.321 e. The zero-order valence-corrected chi connectivity index (χ0v) is 19.2. The number of amides is 3. The second kappa shape index (κ2) is 9.15. The zero-order chi connectivity index (χ0) is 22.7. The van der Waals surface area contributed by atoms with Gasteiger partial charge in [0.25, 0.3) is 0 Å². The average Bonchev–Trinajstić information content (AvgIpc) is 2.73. The van der Waals surface area contributed by atoms with Crippen molar-refractivity contribution < 1.29 is 9.59 Å². The van der Waals surface area contributed by atoms with E-state index in [9.17, 15) is 9.59 Å². The molecule has 2 aliphatic rings. The Bertz CT molecular complexity index is 987. The summed E-state index contributed by atoms with van der Waals surface area (Å²) in [5.74, 6) is 0.590. The predicted molar refractivity (Wildman–Crippen MR) is 127 cm³/mol. The van der Waals surface area contributed by atoms with Crippen molar-refractivity contribution >= 4 is 23.2 Å². The summed E-state index contributed by atoms with van der Waals surface area (Å²) in [6.07, 6.45) is 7.21. The molecule has 0 unspecified atom stereocenters. The molecule has 32 heavy (non-hydrogen) atoms. The summed E-state index contributed by atoms with van der Waals surface area (Å²) in [6, 6.07) is 11.9. The summed E-state index contributed by atoms with van der Waals surface area (Å²) < 4.78 is 0. The van der Waals surface area contributed by atoms with Gasteiger partial charge in [-0.25, -0.2) is 4.79 Å². The Balaban J connectivity index is 1.27. The number of carbonyl (C=O) groups excluding carboxylic acids is 2. The number of benzene rings is 1. The van der Waals surface area contributed by atoms with Gasteiger partial charge in [0.2, 0.25) is 5.91 Å². The van der Waals surface area contributed by atoms with E-state index in [0.29, 0.717) is 32.0 Å². The van der Waals surface area contributed by atoms with Gasteiger partial charge in [-0.15, -0.1) is 0 Å². The third-order valence-electron chi connectivity index (χ3n) is 6.07. The second-order valence-corrected chi connectivity index (χ2v) is 9.95. The molecule has 2 aromatic rings. The van der Waals surface area contributed by atoms with Crippen LogP contribution in [0.5, 0.6) is 0 Å². The van der Waals surface area contributed by atoms with Crippen molar-refractivity contribution in [3.8, 4) is 0 Å². The fourth-order valence-corrected chi connectivity index (χ4v) is 4.17. The minimum Gasteiger partial charge on any atom is -0.339 e. The SMILES string of the molecule is CC(C)(C)CC(=O)N1CC=C(c2ccc(NC(=O)N3CC(c4cccnc4)C3)cc2)CC1. The van der Waals surface area contributed by atoms with Gasteiger partial charge in [-0.1, -0.05) is 45.0 Å². The molecule has 0 aliphatic carbocycles. The molecule has 1 N–H and O–H groups in total. The second-order valence-electron chi connectivity index (χ2n) is 9.95. The third kappa shape index (κ3) is 5.36. The van der Waals surface area contributed by atoms with E-state index < -0.39 is 0 Å². The highest BCUT2D eigenvalue weighted by Crippen LogP contribution is 2.28. The van der Waals surface area contributed by atoms with Crippen LogP contribution < -0.4 is 5.32 Å². The highest BCUT2D eigenvalue weighted by atomic mass is 16.2. The van der Waals surface area contributed by atoms with Crippen molar-refractivity contribution in [3.63, 3.8) is 0 Å². The first-order valence-corrected chi connectivity index (χ1v) is 11.3. The summed E-state index contributed by atoms with van der Waals surface area (Å²) in [4.78, 5) is 32.9. The summed E-state index contributed by atoms with van der Waals surface area (Å²) in [5.41, 5.74) is 4.38. The first kappa shape index (κ1) is 22.1. The smallest absolute Gasteiger partial charge is 0.321 e. The van der Waals surface area contributed by atoms with E-state index in [4.69, 9.17) is 0 Å². The van der Waals surface area contributed by atoms with Crippen LogP contribution in [0, 0.1) is 5.41 Å². The highest BCUT2D eigenvalue weighted by Gasteiger charge is 2.31. The molecule has 3 amide bonds. The highest BCUT2D eigenvalue weighted by molar-refractivity contribution is 5.90. The van der Waals surface area contributed by atoms with Crippen LogP contribution in [-0.4, -0.2) is 52.9 Å². The summed E-state index contributed by atoms with van der Waals surface area (Å²) in [7, 11) is 0. The molecule has 3 heterocycles. The van der Waals surface area contributed by atoms with Crippen LogP contribution >= 0.6 is 0 Å². The normalized spacial score (nSPS) is 16.9. The van der Waals surface area contributed by atoms with Gasteiger partial charge in [-0.05, 0) is 46.7 Å². The van der Waals surface area contributed by atoms with Crippen LogP contribution in [-0.2, 0) is 4.79 Å². The number of nitrogens with one attached hydrogen (secondary N) is 1. The molecule has 0 bridgehead atoms. The molecular weight excluding hydrogens is 400 g/mol. The van der Waals surface area contributed by atoms with Crippen LogP contribution in [0.1, 0.15) is 50.7 Å². The lowest BCUT2D eigenvalue weighted by Gasteiger charge is -2.39. The van der Waals surface area contributed by atoms with Crippen molar-refractivity contribution in [1.82, 2.24) is 14.8 Å². The number of urea groups is 1. The number of carbonyl (C=O) groups is 2. The molecule has 1 fully saturated rings. The molecule has 1 aromatic carbocycles. The molecule has 0 spiro atoms. The summed E-state index contributed by atoms with van der Waals surface area (Å²) in [5, 5.41) is 2.99. The van der Waals surface area contributed by atoms with Gasteiger partial charge in [-0.2, -0.15) is 0 Å². The molecule has 0 saturated carbocycles. The van der Waals surface area contributed by atoms with E-state index in [2.05, 4.69) is 43.2 Å². The number of aromatic nitrogens is 1. The molecule has 168 valence electrons. The topological polar surface area (TPSA) is 65.5 Å². The molecule has 6 heteroatoms. The predicted octanol–water partition coefficient (Wildman–Crippen LogP) is 4.76. The van der Waals surface area contributed by atoms with Crippen molar-refractivity contribution in [2.75, 3.05) is 31.5 Å². The average molecular weight is 433 g/mol. The minimum absolute atomic E-state index is 0.0110. The molecule has 0 atom stereocenters. The number of nitrogens with zero attached hydrogens (tertiary/aromatic N) is 3. The van der Waals surface area contributed by atoms with Crippen LogP contribution in [0.4, 0.5) is 10.5 Å². The van der Waals surface area contributed by atoms with Crippen LogP contribution in [0.15, 0.2) is 54.9 Å². The molecule has 1 saturated heterocycles. The van der Waals surface area contributed by atoms with Crippen LogP contribution in [0.2, 0.25) is 0 Å². The van der Waals surface area contributed by atoms with E-state index in [-0.39, 0.29) is 17.4 Å². The number of likely N-dealkylation sites (tertiary alicyclic amines) is 1. The minimum atomic E-state index is -0.0669. The Morgan fingerprint density at radius 1 is 1.09 bits per heavy atom. The Hall–Kier alpha value is -3.15. The zero-order valence-electron chi connectivity index (χ0n) is 19.2. The Morgan fingerprint density at radius 2 is 1.84 bits per heavy atom. The van der Waals surface area contributed by atoms with Gasteiger partial charge in [0.05, 0.1) is 0 Å². The lowest BCUT2D eigenvalue weighted by atomic mass is 9.91. The molecule has 6 nitrogen and oxygen atoms in total. The van der Waals surface area contributed by atoms with Crippen LogP contribution in [0.25, 0.3) is 5.57 Å². The van der Waals surface area contributed by atoms with Crippen molar-refractivity contribution in [2.45, 2.75) is 39.5 Å². The molecule has 0 radical (unpaired) electrons. The molecule has 1 aromatic heterocycles. The van der Waals surface area contributed by atoms with E-state index >= 15 is 0 Å². The maximum absolute atomic E-state index is 12.5. The van der Waals surface area contributed by atoms with Crippen molar-refractivity contribution in [2.24, 2.45) is 5.41 Å². The first-order valence-electron chi connectivity index (χ1n) is 11.3. The van der Waals surface area contributed by atoms with Gasteiger partial charge in [-0.3, -0.25) is 9.78 Å². The Morgan fingerprint density at radius 3 is 2.44 bits per heavy atom. The van der Waals surface area contributed by atoms with Gasteiger partial charge in [0, 0.05) is 56.6 Å². The third-order valence-corrected chi connectivity index (χ3v) is 6.07. The van der Waals surface area contributed by atoms with E-state index in [1.807, 2.05) is 46.3 Å². The van der Waals surface area contributed by atoms with Gasteiger partial charge in [0.15, 0.2) is 0 Å². The number of rotatable bonds is 4. The lowest BCUT2D eigenvalue weighted by molar-refractivity contribution is -0.132. The molecular formula is C26H32N4O2. The number of hydrogen-bond acceptors (Lipinski definition) is 3. The summed E-state index contributed by atoms with van der Waals surface area (Å²) >= 11 is 0. The maximum atomic E-state index is 12.5. The Kier molecular flexibility index (Phi) is 6.31. The standard InChI is InChI=1S/C26H32N4O2/c1-26(2,3)15-24(31)29-13-10-20(11-14-29)19-6-8-23(9-7-19)28-25(32)30-17-22(18-30)21-5-4-12-27-16-21/h4-10,12,16,22H,11,13-15,17-18H2,1-3H3,(H,28,32). The number of pyridine rings is 1. The Labute approximate surface area is 190 Å². The van der Waals surface area contributed by atoms with E-state index in [0.717, 1.165) is 24.2 Å². The monoisotopic (exact) mass is 432 g/mol.